The predicted octanol–water partition coefficient (Wildman–Crippen LogP) is 2.19. The van der Waals surface area contributed by atoms with E-state index in [0.29, 0.717) is 5.52 Å². The first kappa shape index (κ1) is 12.4. The highest BCUT2D eigenvalue weighted by Gasteiger charge is 2.15. The van der Waals surface area contributed by atoms with Gasteiger partial charge in [-0.15, -0.1) is 0 Å². The van der Waals surface area contributed by atoms with Gasteiger partial charge in [0.1, 0.15) is 5.52 Å². The molecule has 0 saturated heterocycles. The maximum Gasteiger partial charge on any atom is 0.337 e. The molecule has 2 heterocycles. The van der Waals surface area contributed by atoms with E-state index < -0.39 is 5.97 Å². The average molecular weight is 270 g/mol. The van der Waals surface area contributed by atoms with Crippen molar-refractivity contribution in [3.05, 3.63) is 48.8 Å². The molecule has 0 aliphatic rings. The van der Waals surface area contributed by atoms with Crippen molar-refractivity contribution in [1.82, 2.24) is 19.1 Å². The quantitative estimate of drug-likeness (QED) is 0.788. The van der Waals surface area contributed by atoms with E-state index in [-0.39, 0.29) is 11.6 Å². The minimum Gasteiger partial charge on any atom is -0.478 e. The third kappa shape index (κ3) is 2.05. The van der Waals surface area contributed by atoms with Crippen LogP contribution in [0.15, 0.2) is 43.2 Å². The number of hydrogen-bond donors (Lipinski definition) is 1. The highest BCUT2D eigenvalue weighted by Crippen LogP contribution is 2.21. The zero-order chi connectivity index (χ0) is 14.1. The molecule has 3 aromatic rings. The van der Waals surface area contributed by atoms with E-state index in [0.717, 1.165) is 12.1 Å². The molecule has 0 amide bonds. The van der Waals surface area contributed by atoms with Gasteiger partial charge in [0.05, 0.1) is 29.8 Å². The standard InChI is InChI=1S/C14H14N4O2/c1-10(7-17-6-5-15-8-17)18-9-16-13-11(14(19)20)3-2-4-12(13)18/h2-6,8-10H,7H2,1H3,(H,19,20). The summed E-state index contributed by atoms with van der Waals surface area (Å²) in [6, 6.07) is 5.36. The molecule has 2 aromatic heterocycles. The van der Waals surface area contributed by atoms with Crippen molar-refractivity contribution >= 4 is 17.0 Å². The summed E-state index contributed by atoms with van der Waals surface area (Å²) in [6.45, 7) is 2.82. The largest absolute Gasteiger partial charge is 0.478 e. The first-order valence-electron chi connectivity index (χ1n) is 6.31. The number of aromatic nitrogens is 4. The van der Waals surface area contributed by atoms with Crippen LogP contribution in [0.4, 0.5) is 0 Å². The van der Waals surface area contributed by atoms with E-state index in [1.807, 2.05) is 21.4 Å². The van der Waals surface area contributed by atoms with Gasteiger partial charge in [0.25, 0.3) is 0 Å². The normalized spacial score (nSPS) is 12.7. The van der Waals surface area contributed by atoms with E-state index in [9.17, 15) is 9.90 Å². The van der Waals surface area contributed by atoms with Crippen molar-refractivity contribution < 1.29 is 9.90 Å². The maximum absolute atomic E-state index is 11.2. The Morgan fingerprint density at radius 3 is 2.95 bits per heavy atom. The van der Waals surface area contributed by atoms with E-state index in [4.69, 9.17) is 0 Å². The van der Waals surface area contributed by atoms with E-state index in [1.54, 1.807) is 31.0 Å². The van der Waals surface area contributed by atoms with Crippen LogP contribution in [0.2, 0.25) is 0 Å². The first-order chi connectivity index (χ1) is 9.66. The van der Waals surface area contributed by atoms with Crippen LogP contribution in [0.25, 0.3) is 11.0 Å². The zero-order valence-electron chi connectivity index (χ0n) is 11.0. The molecule has 1 aromatic carbocycles. The molecule has 0 radical (unpaired) electrons. The molecule has 1 N–H and O–H groups in total. The summed E-state index contributed by atoms with van der Waals surface area (Å²) >= 11 is 0. The number of carboxylic acids is 1. The number of hydrogen-bond acceptors (Lipinski definition) is 3. The molecule has 102 valence electrons. The molecule has 0 saturated carbocycles. The average Bonchev–Trinajstić information content (AvgIpc) is 3.06. The Hall–Kier alpha value is -2.63. The first-order valence-corrected chi connectivity index (χ1v) is 6.31. The number of fused-ring (bicyclic) bond motifs is 1. The Labute approximate surface area is 115 Å². The van der Waals surface area contributed by atoms with E-state index >= 15 is 0 Å². The summed E-state index contributed by atoms with van der Waals surface area (Å²) in [4.78, 5) is 19.5. The molecule has 0 aliphatic carbocycles. The van der Waals surface area contributed by atoms with Gasteiger partial charge in [-0.1, -0.05) is 6.07 Å². The molecule has 6 heteroatoms. The summed E-state index contributed by atoms with van der Waals surface area (Å²) in [6.07, 6.45) is 7.09. The lowest BCUT2D eigenvalue weighted by molar-refractivity contribution is 0.0699. The van der Waals surface area contributed by atoms with Gasteiger partial charge in [-0.25, -0.2) is 14.8 Å². The molecule has 6 nitrogen and oxygen atoms in total. The fraction of sp³-hybridized carbons (Fsp3) is 0.214. The SMILES string of the molecule is CC(Cn1ccnc1)n1cnc2c(C(=O)O)cccc21. The highest BCUT2D eigenvalue weighted by molar-refractivity contribution is 6.00. The minimum atomic E-state index is -0.955. The van der Waals surface area contributed by atoms with Gasteiger partial charge in [-0.2, -0.15) is 0 Å². The number of carbonyl (C=O) groups is 1. The topological polar surface area (TPSA) is 72.9 Å². The van der Waals surface area contributed by atoms with Crippen molar-refractivity contribution in [3.63, 3.8) is 0 Å². The summed E-state index contributed by atoms with van der Waals surface area (Å²) in [5.74, 6) is -0.955. The summed E-state index contributed by atoms with van der Waals surface area (Å²) in [5.41, 5.74) is 1.59. The van der Waals surface area contributed by atoms with Crippen LogP contribution in [0.1, 0.15) is 23.3 Å². The maximum atomic E-state index is 11.2. The minimum absolute atomic E-state index is 0.151. The van der Waals surface area contributed by atoms with Gasteiger partial charge in [-0.05, 0) is 19.1 Å². The van der Waals surface area contributed by atoms with Crippen molar-refractivity contribution in [1.29, 1.82) is 0 Å². The Bertz CT molecular complexity index is 746. The summed E-state index contributed by atoms with van der Waals surface area (Å²) < 4.78 is 3.97. The number of imidazole rings is 2. The molecule has 3 rings (SSSR count). The van der Waals surface area contributed by atoms with E-state index in [2.05, 4.69) is 16.9 Å². The second kappa shape index (κ2) is 4.80. The predicted molar refractivity (Wildman–Crippen MR) is 73.6 cm³/mol. The van der Waals surface area contributed by atoms with Crippen molar-refractivity contribution in [3.8, 4) is 0 Å². The smallest absolute Gasteiger partial charge is 0.337 e. The molecule has 20 heavy (non-hydrogen) atoms. The Balaban J connectivity index is 2.00. The number of benzene rings is 1. The Kier molecular flexibility index (Phi) is 2.98. The number of carboxylic acid groups (broad SMARTS) is 1. The Morgan fingerprint density at radius 2 is 2.25 bits per heavy atom. The van der Waals surface area contributed by atoms with Gasteiger partial charge in [0.15, 0.2) is 0 Å². The fourth-order valence-electron chi connectivity index (χ4n) is 2.37. The second-order valence-electron chi connectivity index (χ2n) is 4.74. The Morgan fingerprint density at radius 1 is 1.40 bits per heavy atom. The fourth-order valence-corrected chi connectivity index (χ4v) is 2.37. The second-order valence-corrected chi connectivity index (χ2v) is 4.74. The van der Waals surface area contributed by atoms with Crippen LogP contribution in [-0.2, 0) is 6.54 Å². The zero-order valence-corrected chi connectivity index (χ0v) is 11.0. The lowest BCUT2D eigenvalue weighted by atomic mass is 10.2. The monoisotopic (exact) mass is 270 g/mol. The molecule has 0 spiro atoms. The van der Waals surface area contributed by atoms with Crippen LogP contribution in [-0.4, -0.2) is 30.2 Å². The summed E-state index contributed by atoms with van der Waals surface area (Å²) in [5, 5.41) is 9.18. The van der Waals surface area contributed by atoms with Crippen LogP contribution >= 0.6 is 0 Å². The third-order valence-electron chi connectivity index (χ3n) is 3.34. The number of rotatable bonds is 4. The number of para-hydroxylation sites is 1. The van der Waals surface area contributed by atoms with Gasteiger partial charge >= 0.3 is 5.97 Å². The van der Waals surface area contributed by atoms with Gasteiger partial charge in [-0.3, -0.25) is 0 Å². The molecular formula is C14H14N4O2. The molecule has 1 atom stereocenters. The van der Waals surface area contributed by atoms with Crippen molar-refractivity contribution in [2.75, 3.05) is 0 Å². The molecule has 1 unspecified atom stereocenters. The highest BCUT2D eigenvalue weighted by atomic mass is 16.4. The molecular weight excluding hydrogens is 256 g/mol. The molecule has 0 bridgehead atoms. The lowest BCUT2D eigenvalue weighted by Crippen LogP contribution is -2.11. The van der Waals surface area contributed by atoms with Gasteiger partial charge in [0, 0.05) is 18.9 Å². The summed E-state index contributed by atoms with van der Waals surface area (Å²) in [7, 11) is 0. The van der Waals surface area contributed by atoms with Crippen LogP contribution in [0.5, 0.6) is 0 Å². The van der Waals surface area contributed by atoms with Gasteiger partial charge < -0.3 is 14.2 Å². The van der Waals surface area contributed by atoms with Crippen molar-refractivity contribution in [2.45, 2.75) is 19.5 Å². The van der Waals surface area contributed by atoms with Crippen LogP contribution < -0.4 is 0 Å². The third-order valence-corrected chi connectivity index (χ3v) is 3.34. The number of aromatic carboxylic acids is 1. The molecule has 0 aliphatic heterocycles. The molecule has 0 fully saturated rings. The lowest BCUT2D eigenvalue weighted by Gasteiger charge is -2.15. The van der Waals surface area contributed by atoms with Crippen LogP contribution in [0, 0.1) is 0 Å². The van der Waals surface area contributed by atoms with Gasteiger partial charge in [0.2, 0.25) is 0 Å². The number of nitrogens with zero attached hydrogens (tertiary/aromatic N) is 4. The van der Waals surface area contributed by atoms with Crippen LogP contribution in [0.3, 0.4) is 0 Å². The van der Waals surface area contributed by atoms with E-state index in [1.165, 1.54) is 0 Å². The van der Waals surface area contributed by atoms with Crippen molar-refractivity contribution in [2.24, 2.45) is 0 Å².